The van der Waals surface area contributed by atoms with E-state index in [9.17, 15) is 0 Å². The lowest BCUT2D eigenvalue weighted by molar-refractivity contribution is -0.656. The first kappa shape index (κ1) is 12.3. The summed E-state index contributed by atoms with van der Waals surface area (Å²) in [4.78, 5) is 0. The Hall–Kier alpha value is -0.770. The number of halogens is 1. The van der Waals surface area contributed by atoms with Crippen molar-refractivity contribution in [2.45, 2.75) is 0 Å². The number of ether oxygens (including phenoxy) is 2. The second kappa shape index (κ2) is 7.51. The van der Waals surface area contributed by atoms with Crippen LogP contribution in [0.4, 0.5) is 0 Å². The standard InChI is InChI=1S/C11H16ClNO2/c1-14-8-6-13-7-9-15-11-5-3-2-4-10(11)12/h2-5,13H,6-9H2,1H3/p+1. The van der Waals surface area contributed by atoms with Crippen molar-refractivity contribution < 1.29 is 14.8 Å². The SMILES string of the molecule is COCC[NH2+]CCOc1ccccc1Cl. The van der Waals surface area contributed by atoms with Gasteiger partial charge >= 0.3 is 0 Å². The van der Waals surface area contributed by atoms with Gasteiger partial charge in [0.05, 0.1) is 18.2 Å². The van der Waals surface area contributed by atoms with Crippen molar-refractivity contribution >= 4 is 11.6 Å². The summed E-state index contributed by atoms with van der Waals surface area (Å²) < 4.78 is 10.4. The first-order valence-corrected chi connectivity index (χ1v) is 5.40. The van der Waals surface area contributed by atoms with Gasteiger partial charge in [-0.05, 0) is 12.1 Å². The van der Waals surface area contributed by atoms with Gasteiger partial charge in [0.15, 0.2) is 0 Å². The van der Waals surface area contributed by atoms with E-state index in [1.54, 1.807) is 7.11 Å². The van der Waals surface area contributed by atoms with Crippen LogP contribution in [-0.4, -0.2) is 33.4 Å². The fourth-order valence-corrected chi connectivity index (χ4v) is 1.35. The number of quaternary nitrogens is 1. The molecule has 0 unspecified atom stereocenters. The minimum absolute atomic E-state index is 0.660. The molecular weight excluding hydrogens is 214 g/mol. The van der Waals surface area contributed by atoms with Gasteiger partial charge in [0.1, 0.15) is 18.9 Å². The summed E-state index contributed by atoms with van der Waals surface area (Å²) in [6, 6.07) is 7.50. The molecule has 2 N–H and O–H groups in total. The zero-order valence-electron chi connectivity index (χ0n) is 8.91. The van der Waals surface area contributed by atoms with E-state index in [4.69, 9.17) is 21.1 Å². The highest BCUT2D eigenvalue weighted by molar-refractivity contribution is 6.32. The lowest BCUT2D eigenvalue weighted by atomic mass is 10.3. The maximum atomic E-state index is 5.93. The van der Waals surface area contributed by atoms with Gasteiger partial charge in [-0.2, -0.15) is 0 Å². The van der Waals surface area contributed by atoms with Crippen LogP contribution in [0.5, 0.6) is 5.75 Å². The molecule has 0 aliphatic heterocycles. The van der Waals surface area contributed by atoms with Crippen molar-refractivity contribution in [2.24, 2.45) is 0 Å². The van der Waals surface area contributed by atoms with Crippen LogP contribution < -0.4 is 10.1 Å². The van der Waals surface area contributed by atoms with Crippen LogP contribution in [0.25, 0.3) is 0 Å². The molecule has 0 spiro atoms. The molecule has 15 heavy (non-hydrogen) atoms. The van der Waals surface area contributed by atoms with Gasteiger partial charge in [0.2, 0.25) is 0 Å². The smallest absolute Gasteiger partial charge is 0.138 e. The number of benzene rings is 1. The zero-order valence-corrected chi connectivity index (χ0v) is 9.67. The van der Waals surface area contributed by atoms with E-state index in [1.165, 1.54) is 0 Å². The first-order chi connectivity index (χ1) is 7.34. The minimum atomic E-state index is 0.660. The molecule has 4 heteroatoms. The lowest BCUT2D eigenvalue weighted by Gasteiger charge is -2.06. The molecule has 84 valence electrons. The third-order valence-corrected chi connectivity index (χ3v) is 2.25. The fraction of sp³-hybridized carbons (Fsp3) is 0.455. The molecule has 0 aliphatic carbocycles. The Morgan fingerprint density at radius 1 is 1.20 bits per heavy atom. The van der Waals surface area contributed by atoms with Gasteiger partial charge in [-0.3, -0.25) is 0 Å². The van der Waals surface area contributed by atoms with Gasteiger partial charge in [0.25, 0.3) is 0 Å². The molecule has 1 rings (SSSR count). The Labute approximate surface area is 95.3 Å². The maximum Gasteiger partial charge on any atom is 0.138 e. The Morgan fingerprint density at radius 2 is 1.93 bits per heavy atom. The number of methoxy groups -OCH3 is 1. The Balaban J connectivity index is 2.12. The van der Waals surface area contributed by atoms with E-state index in [-0.39, 0.29) is 0 Å². The van der Waals surface area contributed by atoms with Gasteiger partial charge in [-0.25, -0.2) is 0 Å². The highest BCUT2D eigenvalue weighted by Crippen LogP contribution is 2.22. The summed E-state index contributed by atoms with van der Waals surface area (Å²) in [6.45, 7) is 3.30. The maximum absolute atomic E-state index is 5.93. The Morgan fingerprint density at radius 3 is 2.67 bits per heavy atom. The van der Waals surface area contributed by atoms with Crippen LogP contribution in [0.2, 0.25) is 5.02 Å². The number of hydrogen-bond acceptors (Lipinski definition) is 2. The highest BCUT2D eigenvalue weighted by atomic mass is 35.5. The third kappa shape index (κ3) is 5.02. The molecule has 0 aliphatic rings. The van der Waals surface area contributed by atoms with Crippen LogP contribution >= 0.6 is 11.6 Å². The summed E-state index contributed by atoms with van der Waals surface area (Å²) in [7, 11) is 1.70. The molecule has 0 amide bonds. The quantitative estimate of drug-likeness (QED) is 0.708. The van der Waals surface area contributed by atoms with Crippen molar-refractivity contribution in [1.29, 1.82) is 0 Å². The number of para-hydroxylation sites is 1. The van der Waals surface area contributed by atoms with Gasteiger partial charge < -0.3 is 14.8 Å². The van der Waals surface area contributed by atoms with Crippen molar-refractivity contribution in [3.63, 3.8) is 0 Å². The van der Waals surface area contributed by atoms with Crippen molar-refractivity contribution in [1.82, 2.24) is 0 Å². The van der Waals surface area contributed by atoms with E-state index in [0.29, 0.717) is 11.6 Å². The topological polar surface area (TPSA) is 35.1 Å². The molecule has 0 radical (unpaired) electrons. The van der Waals surface area contributed by atoms with Crippen LogP contribution in [-0.2, 0) is 4.74 Å². The molecule has 0 bridgehead atoms. The lowest BCUT2D eigenvalue weighted by Crippen LogP contribution is -2.86. The van der Waals surface area contributed by atoms with E-state index >= 15 is 0 Å². The summed E-state index contributed by atoms with van der Waals surface area (Å²) in [5, 5.41) is 2.81. The van der Waals surface area contributed by atoms with Crippen LogP contribution in [0.1, 0.15) is 0 Å². The van der Waals surface area contributed by atoms with Gasteiger partial charge in [-0.1, -0.05) is 23.7 Å². The van der Waals surface area contributed by atoms with Crippen molar-refractivity contribution in [2.75, 3.05) is 33.4 Å². The average molecular weight is 231 g/mol. The molecule has 1 aromatic carbocycles. The predicted octanol–water partition coefficient (Wildman–Crippen LogP) is 0.929. The molecule has 0 aromatic heterocycles. The molecule has 0 saturated heterocycles. The largest absolute Gasteiger partial charge is 0.486 e. The normalized spacial score (nSPS) is 10.3. The Bertz CT molecular complexity index is 281. The molecule has 0 saturated carbocycles. The molecular formula is C11H17ClNO2+. The predicted molar refractivity (Wildman–Crippen MR) is 60.5 cm³/mol. The van der Waals surface area contributed by atoms with Gasteiger partial charge in [-0.15, -0.1) is 0 Å². The molecule has 3 nitrogen and oxygen atoms in total. The average Bonchev–Trinajstić information content (AvgIpc) is 2.25. The van der Waals surface area contributed by atoms with E-state index in [1.807, 2.05) is 24.3 Å². The molecule has 0 fully saturated rings. The summed E-state index contributed by atoms with van der Waals surface area (Å²) in [5.74, 6) is 0.749. The molecule has 0 atom stereocenters. The van der Waals surface area contributed by atoms with Crippen LogP contribution in [0, 0.1) is 0 Å². The number of nitrogens with two attached hydrogens (primary N) is 1. The third-order valence-electron chi connectivity index (χ3n) is 1.94. The van der Waals surface area contributed by atoms with E-state index in [0.717, 1.165) is 25.4 Å². The minimum Gasteiger partial charge on any atom is -0.486 e. The summed E-state index contributed by atoms with van der Waals surface area (Å²) in [6.07, 6.45) is 0. The van der Waals surface area contributed by atoms with Crippen molar-refractivity contribution in [3.8, 4) is 5.75 Å². The number of rotatable bonds is 7. The van der Waals surface area contributed by atoms with Crippen molar-refractivity contribution in [3.05, 3.63) is 29.3 Å². The van der Waals surface area contributed by atoms with Crippen LogP contribution in [0.3, 0.4) is 0 Å². The van der Waals surface area contributed by atoms with E-state index in [2.05, 4.69) is 5.32 Å². The highest BCUT2D eigenvalue weighted by Gasteiger charge is 1.99. The second-order valence-corrected chi connectivity index (χ2v) is 3.54. The molecule has 0 heterocycles. The monoisotopic (exact) mass is 230 g/mol. The first-order valence-electron chi connectivity index (χ1n) is 5.02. The fourth-order valence-electron chi connectivity index (χ4n) is 1.16. The summed E-state index contributed by atoms with van der Waals surface area (Å²) in [5.41, 5.74) is 0. The Kier molecular flexibility index (Phi) is 6.16. The van der Waals surface area contributed by atoms with E-state index < -0.39 is 0 Å². The summed E-state index contributed by atoms with van der Waals surface area (Å²) >= 11 is 5.93. The number of hydrogen-bond donors (Lipinski definition) is 1. The zero-order chi connectivity index (χ0) is 10.9. The van der Waals surface area contributed by atoms with Gasteiger partial charge in [0, 0.05) is 7.11 Å². The molecule has 1 aromatic rings. The van der Waals surface area contributed by atoms with Crippen LogP contribution in [0.15, 0.2) is 24.3 Å². The second-order valence-electron chi connectivity index (χ2n) is 3.14.